The third kappa shape index (κ3) is 3.04. The fourth-order valence-electron chi connectivity index (χ4n) is 1.46. The van der Waals surface area contributed by atoms with E-state index in [1.165, 1.54) is 6.20 Å². The molecule has 2 rings (SSSR count). The minimum atomic E-state index is 0.201. The highest BCUT2D eigenvalue weighted by atomic mass is 35.5. The average Bonchev–Trinajstić information content (AvgIpc) is 2.43. The van der Waals surface area contributed by atoms with Crippen LogP contribution in [-0.2, 0) is 0 Å². The quantitative estimate of drug-likeness (QED) is 0.661. The van der Waals surface area contributed by atoms with Crippen LogP contribution in [0.2, 0.25) is 5.02 Å². The van der Waals surface area contributed by atoms with Crippen LogP contribution in [0.3, 0.4) is 0 Å². The minimum Gasteiger partial charge on any atom is -0.493 e. The lowest BCUT2D eigenvalue weighted by molar-refractivity contribution is 0.374. The van der Waals surface area contributed by atoms with Crippen LogP contribution in [0.25, 0.3) is 0 Å². The van der Waals surface area contributed by atoms with Crippen LogP contribution in [0, 0.1) is 6.92 Å². The Bertz CT molecular complexity index is 592. The monoisotopic (exact) mass is 280 g/mol. The number of hydrogen-bond acceptors (Lipinski definition) is 6. The molecule has 3 N–H and O–H groups in total. The molecule has 0 aliphatic rings. The Morgan fingerprint density at radius 3 is 2.79 bits per heavy atom. The van der Waals surface area contributed by atoms with Crippen LogP contribution < -0.4 is 20.7 Å². The molecule has 0 spiro atoms. The van der Waals surface area contributed by atoms with Crippen molar-refractivity contribution in [2.24, 2.45) is 5.84 Å². The summed E-state index contributed by atoms with van der Waals surface area (Å²) in [6.07, 6.45) is 1.40. The van der Waals surface area contributed by atoms with E-state index in [2.05, 4.69) is 15.4 Å². The van der Waals surface area contributed by atoms with Gasteiger partial charge >= 0.3 is 0 Å². The largest absolute Gasteiger partial charge is 0.493 e. The van der Waals surface area contributed by atoms with Crippen molar-refractivity contribution in [1.82, 2.24) is 9.97 Å². The summed E-state index contributed by atoms with van der Waals surface area (Å²) in [4.78, 5) is 7.89. The van der Waals surface area contributed by atoms with Gasteiger partial charge in [-0.05, 0) is 24.6 Å². The topological polar surface area (TPSA) is 82.3 Å². The smallest absolute Gasteiger partial charge is 0.243 e. The van der Waals surface area contributed by atoms with Crippen LogP contribution in [0.5, 0.6) is 17.4 Å². The van der Waals surface area contributed by atoms with E-state index in [4.69, 9.17) is 26.9 Å². The van der Waals surface area contributed by atoms with E-state index in [-0.39, 0.29) is 16.9 Å². The van der Waals surface area contributed by atoms with E-state index in [0.29, 0.717) is 11.5 Å². The lowest BCUT2D eigenvalue weighted by Gasteiger charge is -2.11. The molecule has 1 heterocycles. The molecule has 2 aromatic rings. The van der Waals surface area contributed by atoms with Gasteiger partial charge in [0.15, 0.2) is 11.5 Å². The molecule has 1 aromatic heterocycles. The first-order valence-corrected chi connectivity index (χ1v) is 5.83. The highest BCUT2D eigenvalue weighted by molar-refractivity contribution is 6.31. The van der Waals surface area contributed by atoms with Crippen molar-refractivity contribution in [1.29, 1.82) is 0 Å². The number of methoxy groups -OCH3 is 1. The number of nitrogens with two attached hydrogens (primary N) is 1. The zero-order valence-electron chi connectivity index (χ0n) is 10.5. The van der Waals surface area contributed by atoms with E-state index in [0.717, 1.165) is 5.56 Å². The molecule has 0 aliphatic carbocycles. The second-order valence-corrected chi connectivity index (χ2v) is 4.15. The Morgan fingerprint density at radius 2 is 2.11 bits per heavy atom. The Hall–Kier alpha value is -2.05. The molecule has 0 aliphatic heterocycles. The summed E-state index contributed by atoms with van der Waals surface area (Å²) >= 11 is 5.97. The zero-order valence-corrected chi connectivity index (χ0v) is 11.2. The molecular weight excluding hydrogens is 268 g/mol. The maximum Gasteiger partial charge on any atom is 0.243 e. The number of ether oxygens (including phenoxy) is 2. The second kappa shape index (κ2) is 5.73. The standard InChI is InChI=1S/C12H13ClN4O2/c1-7-3-4-9(10(5-7)18-2)19-11-8(13)6-15-12(16-11)17-14/h3-6H,14H2,1-2H3,(H,15,16,17). The van der Waals surface area contributed by atoms with Crippen molar-refractivity contribution in [3.05, 3.63) is 35.0 Å². The number of nitrogens with one attached hydrogen (secondary N) is 1. The number of anilines is 1. The number of aryl methyl sites for hydroxylation is 1. The average molecular weight is 281 g/mol. The van der Waals surface area contributed by atoms with Crippen molar-refractivity contribution >= 4 is 17.5 Å². The molecule has 100 valence electrons. The van der Waals surface area contributed by atoms with Gasteiger partial charge in [0.25, 0.3) is 0 Å². The summed E-state index contributed by atoms with van der Waals surface area (Å²) in [5.41, 5.74) is 3.38. The van der Waals surface area contributed by atoms with Crippen molar-refractivity contribution in [3.63, 3.8) is 0 Å². The van der Waals surface area contributed by atoms with E-state index in [9.17, 15) is 0 Å². The van der Waals surface area contributed by atoms with Gasteiger partial charge in [-0.3, -0.25) is 5.43 Å². The molecule has 0 saturated heterocycles. The number of benzene rings is 1. The van der Waals surface area contributed by atoms with Gasteiger partial charge in [0.05, 0.1) is 13.3 Å². The first-order chi connectivity index (χ1) is 9.13. The molecule has 6 nitrogen and oxygen atoms in total. The van der Waals surface area contributed by atoms with E-state index in [1.807, 2.05) is 19.1 Å². The number of hydrogen-bond donors (Lipinski definition) is 2. The molecule has 0 atom stereocenters. The number of halogens is 1. The minimum absolute atomic E-state index is 0.201. The van der Waals surface area contributed by atoms with Gasteiger partial charge in [-0.2, -0.15) is 4.98 Å². The Labute approximate surface area is 115 Å². The van der Waals surface area contributed by atoms with Gasteiger partial charge in [0.1, 0.15) is 5.02 Å². The highest BCUT2D eigenvalue weighted by Crippen LogP contribution is 2.34. The maximum absolute atomic E-state index is 5.97. The molecule has 0 radical (unpaired) electrons. The lowest BCUT2D eigenvalue weighted by atomic mass is 10.2. The van der Waals surface area contributed by atoms with Gasteiger partial charge in [-0.25, -0.2) is 10.8 Å². The number of rotatable bonds is 4. The third-order valence-corrected chi connectivity index (χ3v) is 2.63. The van der Waals surface area contributed by atoms with Crippen molar-refractivity contribution in [2.45, 2.75) is 6.92 Å². The number of nitrogen functional groups attached to an aromatic ring is 1. The summed E-state index contributed by atoms with van der Waals surface area (Å²) < 4.78 is 10.9. The van der Waals surface area contributed by atoms with Crippen LogP contribution in [0.15, 0.2) is 24.4 Å². The molecule has 0 fully saturated rings. The van der Waals surface area contributed by atoms with Crippen molar-refractivity contribution in [2.75, 3.05) is 12.5 Å². The van der Waals surface area contributed by atoms with Crippen LogP contribution >= 0.6 is 11.6 Å². The summed E-state index contributed by atoms with van der Waals surface area (Å²) in [5.74, 6) is 6.76. The van der Waals surface area contributed by atoms with Gasteiger partial charge in [0.2, 0.25) is 11.8 Å². The number of hydrazine groups is 1. The molecule has 0 unspecified atom stereocenters. The SMILES string of the molecule is COc1cc(C)ccc1Oc1nc(NN)ncc1Cl. The summed E-state index contributed by atoms with van der Waals surface area (Å²) in [6.45, 7) is 1.96. The fraction of sp³-hybridized carbons (Fsp3) is 0.167. The molecule has 7 heteroatoms. The Kier molecular flexibility index (Phi) is 4.03. The molecule has 19 heavy (non-hydrogen) atoms. The summed E-state index contributed by atoms with van der Waals surface area (Å²) in [6, 6.07) is 5.53. The first kappa shape index (κ1) is 13.4. The predicted molar refractivity (Wildman–Crippen MR) is 72.7 cm³/mol. The second-order valence-electron chi connectivity index (χ2n) is 3.75. The van der Waals surface area contributed by atoms with Gasteiger partial charge in [-0.15, -0.1) is 0 Å². The molecule has 0 saturated carbocycles. The van der Waals surface area contributed by atoms with Gasteiger partial charge in [-0.1, -0.05) is 17.7 Å². The fourth-order valence-corrected chi connectivity index (χ4v) is 1.59. The molecular formula is C12H13ClN4O2. The third-order valence-electron chi connectivity index (χ3n) is 2.37. The molecule has 1 aromatic carbocycles. The Morgan fingerprint density at radius 1 is 1.32 bits per heavy atom. The van der Waals surface area contributed by atoms with Crippen molar-refractivity contribution < 1.29 is 9.47 Å². The van der Waals surface area contributed by atoms with E-state index >= 15 is 0 Å². The lowest BCUT2D eigenvalue weighted by Crippen LogP contribution is -2.10. The van der Waals surface area contributed by atoms with Gasteiger partial charge < -0.3 is 9.47 Å². The van der Waals surface area contributed by atoms with Crippen LogP contribution in [-0.4, -0.2) is 17.1 Å². The number of nitrogens with zero attached hydrogens (tertiary/aromatic N) is 2. The Balaban J connectivity index is 2.35. The van der Waals surface area contributed by atoms with Crippen LogP contribution in [0.4, 0.5) is 5.95 Å². The normalized spacial score (nSPS) is 10.1. The summed E-state index contributed by atoms with van der Waals surface area (Å²) in [5, 5.41) is 0.279. The first-order valence-electron chi connectivity index (χ1n) is 5.45. The van der Waals surface area contributed by atoms with Gasteiger partial charge in [0, 0.05) is 0 Å². The van der Waals surface area contributed by atoms with E-state index in [1.54, 1.807) is 13.2 Å². The molecule has 0 amide bonds. The highest BCUT2D eigenvalue weighted by Gasteiger charge is 2.11. The maximum atomic E-state index is 5.97. The molecule has 0 bridgehead atoms. The number of aromatic nitrogens is 2. The predicted octanol–water partition coefficient (Wildman–Crippen LogP) is 2.52. The summed E-state index contributed by atoms with van der Waals surface area (Å²) in [7, 11) is 1.57. The zero-order chi connectivity index (χ0) is 13.8. The van der Waals surface area contributed by atoms with Crippen LogP contribution in [0.1, 0.15) is 5.56 Å². The van der Waals surface area contributed by atoms with E-state index < -0.39 is 0 Å². The van der Waals surface area contributed by atoms with Crippen molar-refractivity contribution in [3.8, 4) is 17.4 Å².